The van der Waals surface area contributed by atoms with Gasteiger partial charge in [-0.3, -0.25) is 9.59 Å². The number of piperazine rings is 1. The second kappa shape index (κ2) is 10.3. The third kappa shape index (κ3) is 4.77. The molecule has 2 aliphatic heterocycles. The van der Waals surface area contributed by atoms with Gasteiger partial charge >= 0.3 is 0 Å². The van der Waals surface area contributed by atoms with Gasteiger partial charge in [0.25, 0.3) is 5.91 Å². The van der Waals surface area contributed by atoms with Crippen molar-refractivity contribution < 1.29 is 14.0 Å². The van der Waals surface area contributed by atoms with Gasteiger partial charge in [0, 0.05) is 61.7 Å². The summed E-state index contributed by atoms with van der Waals surface area (Å²) >= 11 is 1.55. The number of hydrogen-bond acceptors (Lipinski definition) is 4. The lowest BCUT2D eigenvalue weighted by atomic mass is 9.83. The average molecular weight is 508 g/mol. The Morgan fingerprint density at radius 1 is 1.03 bits per heavy atom. The summed E-state index contributed by atoms with van der Waals surface area (Å²) in [6.45, 7) is 7.45. The lowest BCUT2D eigenvalue weighted by Gasteiger charge is -2.45. The predicted molar refractivity (Wildman–Crippen MR) is 144 cm³/mol. The molecule has 2 aromatic carbocycles. The minimum atomic E-state index is -0.324. The third-order valence-corrected chi connectivity index (χ3v) is 9.51. The van der Waals surface area contributed by atoms with Gasteiger partial charge in [-0.05, 0) is 62.4 Å². The van der Waals surface area contributed by atoms with Gasteiger partial charge in [0.05, 0.1) is 4.91 Å². The fourth-order valence-corrected chi connectivity index (χ4v) is 7.23. The van der Waals surface area contributed by atoms with E-state index in [2.05, 4.69) is 36.9 Å². The van der Waals surface area contributed by atoms with Crippen LogP contribution in [0.15, 0.2) is 47.4 Å². The first-order valence-corrected chi connectivity index (χ1v) is 13.7. The van der Waals surface area contributed by atoms with Crippen LogP contribution in [0.25, 0.3) is 6.08 Å². The van der Waals surface area contributed by atoms with Crippen LogP contribution in [0.4, 0.5) is 10.1 Å². The summed E-state index contributed by atoms with van der Waals surface area (Å²) in [6.07, 6.45) is 4.07. The number of nitrogens with zero attached hydrogens (tertiary/aromatic N) is 3. The second-order valence-electron chi connectivity index (χ2n) is 10.2. The highest BCUT2D eigenvalue weighted by atomic mass is 32.2. The first-order chi connectivity index (χ1) is 17.3. The molecule has 0 radical (unpaired) electrons. The van der Waals surface area contributed by atoms with Crippen molar-refractivity contribution in [1.82, 2.24) is 9.80 Å². The van der Waals surface area contributed by atoms with Gasteiger partial charge in [-0.15, -0.1) is 11.8 Å². The van der Waals surface area contributed by atoms with E-state index in [1.54, 1.807) is 40.9 Å². The van der Waals surface area contributed by atoms with E-state index in [9.17, 15) is 14.0 Å². The molecule has 7 heteroatoms. The summed E-state index contributed by atoms with van der Waals surface area (Å²) in [4.78, 5) is 33.3. The number of benzene rings is 2. The van der Waals surface area contributed by atoms with Crippen molar-refractivity contribution in [3.63, 3.8) is 0 Å². The normalized spacial score (nSPS) is 25.8. The van der Waals surface area contributed by atoms with Crippen LogP contribution in [0, 0.1) is 25.6 Å². The quantitative estimate of drug-likeness (QED) is 0.556. The molecule has 5 rings (SSSR count). The Bertz CT molecular complexity index is 1190. The van der Waals surface area contributed by atoms with Crippen LogP contribution in [0.3, 0.4) is 0 Å². The number of hydrogen-bond donors (Lipinski definition) is 0. The minimum absolute atomic E-state index is 0.0270. The Labute approximate surface area is 217 Å². The Kier molecular flexibility index (Phi) is 7.11. The van der Waals surface area contributed by atoms with E-state index in [0.717, 1.165) is 39.0 Å². The van der Waals surface area contributed by atoms with Gasteiger partial charge in [-0.2, -0.15) is 0 Å². The first-order valence-electron chi connectivity index (χ1n) is 12.8. The molecule has 3 aliphatic rings. The standard InChI is InChI=1S/C29H34FN3O2S/c1-19-7-6-10-24(20(19)2)32-13-15-33(16-14-32)28(34)22-11-12-26-25(17-22)31(3)29(35)27(36-26)18-21-8-4-5-9-23(21)30/h4-10,18,22,25-26H,11-17H2,1-3H3/b27-18+. The van der Waals surface area contributed by atoms with Crippen LogP contribution in [-0.2, 0) is 9.59 Å². The van der Waals surface area contributed by atoms with Crippen LogP contribution in [0.2, 0.25) is 0 Å². The molecule has 3 fully saturated rings. The Morgan fingerprint density at radius 3 is 2.53 bits per heavy atom. The number of halogens is 1. The maximum atomic E-state index is 14.2. The summed E-state index contributed by atoms with van der Waals surface area (Å²) in [5.41, 5.74) is 4.30. The number of thioether (sulfide) groups is 1. The SMILES string of the molecule is Cc1cccc(N2CCN(C(=O)C3CCC4S/C(=C/c5ccccc5F)C(=O)N(C)C4C3)CC2)c1C. The van der Waals surface area contributed by atoms with Crippen molar-refractivity contribution in [2.45, 2.75) is 44.4 Å². The second-order valence-corrected chi connectivity index (χ2v) is 11.5. The molecule has 0 spiro atoms. The molecular weight excluding hydrogens is 473 g/mol. The van der Waals surface area contributed by atoms with E-state index < -0.39 is 0 Å². The van der Waals surface area contributed by atoms with Crippen molar-refractivity contribution in [2.75, 3.05) is 38.1 Å². The molecule has 0 aromatic heterocycles. The number of carbonyl (C=O) groups excluding carboxylic acids is 2. The van der Waals surface area contributed by atoms with Crippen LogP contribution in [-0.4, -0.2) is 66.1 Å². The summed E-state index contributed by atoms with van der Waals surface area (Å²) in [5, 5.41) is 0.232. The van der Waals surface area contributed by atoms with E-state index in [4.69, 9.17) is 0 Å². The summed E-state index contributed by atoms with van der Waals surface area (Å²) in [6, 6.07) is 13.0. The predicted octanol–water partition coefficient (Wildman–Crippen LogP) is 4.87. The van der Waals surface area contributed by atoms with Crippen LogP contribution in [0.5, 0.6) is 0 Å². The lowest BCUT2D eigenvalue weighted by molar-refractivity contribution is -0.139. The van der Waals surface area contributed by atoms with E-state index >= 15 is 0 Å². The van der Waals surface area contributed by atoms with Gasteiger partial charge in [-0.25, -0.2) is 4.39 Å². The van der Waals surface area contributed by atoms with Crippen LogP contribution >= 0.6 is 11.8 Å². The number of aryl methyl sites for hydroxylation is 1. The molecule has 0 bridgehead atoms. The van der Waals surface area contributed by atoms with E-state index in [-0.39, 0.29) is 34.8 Å². The van der Waals surface area contributed by atoms with E-state index in [1.807, 2.05) is 11.9 Å². The molecule has 2 amide bonds. The highest BCUT2D eigenvalue weighted by Crippen LogP contribution is 2.43. The van der Waals surface area contributed by atoms with Gasteiger partial charge < -0.3 is 14.7 Å². The lowest BCUT2D eigenvalue weighted by Crippen LogP contribution is -2.55. The zero-order valence-corrected chi connectivity index (χ0v) is 22.1. The number of likely N-dealkylation sites (N-methyl/N-ethyl adjacent to an activating group) is 1. The molecular formula is C29H34FN3O2S. The molecule has 3 atom stereocenters. The molecule has 0 N–H and O–H groups in total. The smallest absolute Gasteiger partial charge is 0.260 e. The van der Waals surface area contributed by atoms with Crippen molar-refractivity contribution in [1.29, 1.82) is 0 Å². The molecule has 5 nitrogen and oxygen atoms in total. The highest BCUT2D eigenvalue weighted by Gasteiger charge is 2.43. The van der Waals surface area contributed by atoms with Crippen molar-refractivity contribution in [3.05, 3.63) is 69.9 Å². The molecule has 1 aliphatic carbocycles. The van der Waals surface area contributed by atoms with Gasteiger partial charge in [0.15, 0.2) is 0 Å². The highest BCUT2D eigenvalue weighted by molar-refractivity contribution is 8.04. The maximum Gasteiger partial charge on any atom is 0.260 e. The number of anilines is 1. The Balaban J connectivity index is 1.21. The minimum Gasteiger partial charge on any atom is -0.368 e. The molecule has 1 saturated carbocycles. The monoisotopic (exact) mass is 507 g/mol. The number of rotatable bonds is 3. The van der Waals surface area contributed by atoms with Crippen LogP contribution in [0.1, 0.15) is 36.0 Å². The first kappa shape index (κ1) is 24.9. The Morgan fingerprint density at radius 2 is 1.78 bits per heavy atom. The number of carbonyl (C=O) groups is 2. The van der Waals surface area contributed by atoms with Crippen molar-refractivity contribution in [3.8, 4) is 0 Å². The summed E-state index contributed by atoms with van der Waals surface area (Å²) in [7, 11) is 1.82. The average Bonchev–Trinajstić information content (AvgIpc) is 2.89. The third-order valence-electron chi connectivity index (χ3n) is 8.11. The largest absolute Gasteiger partial charge is 0.368 e. The number of fused-ring (bicyclic) bond motifs is 1. The molecule has 2 aromatic rings. The summed E-state index contributed by atoms with van der Waals surface area (Å²) in [5.74, 6) is -0.228. The van der Waals surface area contributed by atoms with Crippen molar-refractivity contribution >= 4 is 35.3 Å². The number of amides is 2. The molecule has 2 saturated heterocycles. The maximum absolute atomic E-state index is 14.2. The summed E-state index contributed by atoms with van der Waals surface area (Å²) < 4.78 is 14.2. The van der Waals surface area contributed by atoms with Crippen molar-refractivity contribution in [2.24, 2.45) is 5.92 Å². The molecule has 2 heterocycles. The van der Waals surface area contributed by atoms with Gasteiger partial charge in [0.1, 0.15) is 5.82 Å². The fraction of sp³-hybridized carbons (Fsp3) is 0.448. The van der Waals surface area contributed by atoms with E-state index in [0.29, 0.717) is 16.9 Å². The Hall–Kier alpha value is -2.80. The van der Waals surface area contributed by atoms with Crippen LogP contribution < -0.4 is 4.90 Å². The molecule has 3 unspecified atom stereocenters. The molecule has 36 heavy (non-hydrogen) atoms. The van der Waals surface area contributed by atoms with Gasteiger partial charge in [0.2, 0.25) is 5.91 Å². The fourth-order valence-electron chi connectivity index (χ4n) is 5.76. The topological polar surface area (TPSA) is 43.9 Å². The zero-order chi connectivity index (χ0) is 25.4. The molecule has 190 valence electrons. The van der Waals surface area contributed by atoms with Gasteiger partial charge in [-0.1, -0.05) is 30.3 Å². The zero-order valence-electron chi connectivity index (χ0n) is 21.2. The van der Waals surface area contributed by atoms with E-state index in [1.165, 1.54) is 22.9 Å².